The zero-order chi connectivity index (χ0) is 22.0. The normalized spacial score (nSPS) is 14.8. The van der Waals surface area contributed by atoms with Crippen molar-refractivity contribution >= 4 is 0 Å². The van der Waals surface area contributed by atoms with Gasteiger partial charge in [-0.3, -0.25) is 4.90 Å². The first-order valence-electron chi connectivity index (χ1n) is 11.9. The van der Waals surface area contributed by atoms with Crippen molar-refractivity contribution in [3.63, 3.8) is 0 Å². The Labute approximate surface area is 190 Å². The first kappa shape index (κ1) is 22.5. The van der Waals surface area contributed by atoms with Crippen molar-refractivity contribution in [3.8, 4) is 11.3 Å². The third-order valence-corrected chi connectivity index (χ3v) is 6.28. The molecule has 1 saturated heterocycles. The molecule has 1 aliphatic rings. The molecular formula is C24H34N8. The SMILES string of the molecule is CCN(CCC1CCNCC1)Cc1cccc(-c2ccnc(CCCc3nn[nH]n3)n2)c1. The number of aryl methyl sites for hydroxylation is 2. The van der Waals surface area contributed by atoms with E-state index in [1.165, 1.54) is 44.5 Å². The molecule has 3 heterocycles. The van der Waals surface area contributed by atoms with Gasteiger partial charge in [0.05, 0.1) is 5.69 Å². The molecule has 2 aromatic heterocycles. The molecule has 0 bridgehead atoms. The summed E-state index contributed by atoms with van der Waals surface area (Å²) in [4.78, 5) is 11.8. The molecular weight excluding hydrogens is 400 g/mol. The smallest absolute Gasteiger partial charge is 0.174 e. The predicted molar refractivity (Wildman–Crippen MR) is 125 cm³/mol. The molecule has 32 heavy (non-hydrogen) atoms. The molecule has 1 aliphatic heterocycles. The molecule has 1 fully saturated rings. The van der Waals surface area contributed by atoms with Gasteiger partial charge < -0.3 is 5.32 Å². The standard InChI is InChI=1S/C24H34N8/c1-2-32(16-12-19-9-13-25-14-10-19)18-20-5-3-6-21(17-20)22-11-15-26-23(27-22)7-4-8-24-28-30-31-29-24/h3,5-6,11,15,17,19,25H,2,4,7-10,12-14,16,18H2,1H3,(H,28,29,30,31). The summed E-state index contributed by atoms with van der Waals surface area (Å²) >= 11 is 0. The van der Waals surface area contributed by atoms with E-state index in [0.717, 1.165) is 61.2 Å². The quantitative estimate of drug-likeness (QED) is 0.479. The number of benzene rings is 1. The Bertz CT molecular complexity index is 937. The van der Waals surface area contributed by atoms with Crippen molar-refractivity contribution in [3.05, 3.63) is 53.7 Å². The Morgan fingerprint density at radius 3 is 2.78 bits per heavy atom. The molecule has 0 spiro atoms. The van der Waals surface area contributed by atoms with Gasteiger partial charge in [0.25, 0.3) is 0 Å². The van der Waals surface area contributed by atoms with Gasteiger partial charge in [-0.1, -0.05) is 30.3 Å². The first-order valence-corrected chi connectivity index (χ1v) is 11.9. The van der Waals surface area contributed by atoms with Crippen molar-refractivity contribution < 1.29 is 0 Å². The minimum Gasteiger partial charge on any atom is -0.317 e. The second-order valence-electron chi connectivity index (χ2n) is 8.59. The first-order chi connectivity index (χ1) is 15.8. The van der Waals surface area contributed by atoms with Crippen LogP contribution >= 0.6 is 0 Å². The summed E-state index contributed by atoms with van der Waals surface area (Å²) in [5.41, 5.74) is 3.47. The maximum Gasteiger partial charge on any atom is 0.174 e. The molecule has 1 aromatic carbocycles. The lowest BCUT2D eigenvalue weighted by Crippen LogP contribution is -2.31. The van der Waals surface area contributed by atoms with Gasteiger partial charge in [-0.15, -0.1) is 10.2 Å². The van der Waals surface area contributed by atoms with Crippen LogP contribution in [0.3, 0.4) is 0 Å². The predicted octanol–water partition coefficient (Wildman–Crippen LogP) is 3.04. The number of hydrogen-bond donors (Lipinski definition) is 2. The number of hydrogen-bond acceptors (Lipinski definition) is 7. The van der Waals surface area contributed by atoms with E-state index < -0.39 is 0 Å². The average molecular weight is 435 g/mol. The van der Waals surface area contributed by atoms with Crippen molar-refractivity contribution in [1.29, 1.82) is 0 Å². The molecule has 0 atom stereocenters. The molecule has 0 unspecified atom stereocenters. The summed E-state index contributed by atoms with van der Waals surface area (Å²) in [5, 5.41) is 17.5. The van der Waals surface area contributed by atoms with Crippen molar-refractivity contribution in [2.45, 2.75) is 52.0 Å². The van der Waals surface area contributed by atoms with E-state index >= 15 is 0 Å². The number of nitrogens with one attached hydrogen (secondary N) is 2. The lowest BCUT2D eigenvalue weighted by Gasteiger charge is -2.26. The minimum absolute atomic E-state index is 0.731. The highest BCUT2D eigenvalue weighted by Crippen LogP contribution is 2.21. The number of piperidine rings is 1. The Morgan fingerprint density at radius 2 is 1.97 bits per heavy atom. The molecule has 3 aromatic rings. The van der Waals surface area contributed by atoms with Gasteiger partial charge in [0.1, 0.15) is 5.82 Å². The highest BCUT2D eigenvalue weighted by Gasteiger charge is 2.14. The number of aromatic amines is 1. The van der Waals surface area contributed by atoms with Crippen molar-refractivity contribution in [1.82, 2.24) is 40.8 Å². The van der Waals surface area contributed by atoms with E-state index in [4.69, 9.17) is 4.98 Å². The van der Waals surface area contributed by atoms with Crippen LogP contribution in [0.2, 0.25) is 0 Å². The third kappa shape index (κ3) is 6.64. The van der Waals surface area contributed by atoms with Gasteiger partial charge in [-0.05, 0) is 75.5 Å². The largest absolute Gasteiger partial charge is 0.317 e. The van der Waals surface area contributed by atoms with Crippen LogP contribution in [-0.4, -0.2) is 61.7 Å². The van der Waals surface area contributed by atoms with Crippen LogP contribution in [0.25, 0.3) is 11.3 Å². The highest BCUT2D eigenvalue weighted by molar-refractivity contribution is 5.59. The molecule has 170 valence electrons. The summed E-state index contributed by atoms with van der Waals surface area (Å²) < 4.78 is 0. The second-order valence-corrected chi connectivity index (χ2v) is 8.59. The third-order valence-electron chi connectivity index (χ3n) is 6.28. The van der Waals surface area contributed by atoms with E-state index in [-0.39, 0.29) is 0 Å². The van der Waals surface area contributed by atoms with E-state index in [2.05, 4.69) is 67.0 Å². The van der Waals surface area contributed by atoms with Gasteiger partial charge in [0.15, 0.2) is 5.82 Å². The van der Waals surface area contributed by atoms with E-state index in [0.29, 0.717) is 0 Å². The molecule has 0 aliphatic carbocycles. The molecule has 8 nitrogen and oxygen atoms in total. The van der Waals surface area contributed by atoms with Crippen LogP contribution in [0, 0.1) is 5.92 Å². The molecule has 0 saturated carbocycles. The maximum atomic E-state index is 4.80. The zero-order valence-electron chi connectivity index (χ0n) is 19.0. The lowest BCUT2D eigenvalue weighted by molar-refractivity contribution is 0.238. The van der Waals surface area contributed by atoms with E-state index in [1.54, 1.807) is 0 Å². The van der Waals surface area contributed by atoms with Crippen LogP contribution < -0.4 is 5.32 Å². The topological polar surface area (TPSA) is 95.5 Å². The van der Waals surface area contributed by atoms with Gasteiger partial charge >= 0.3 is 0 Å². The summed E-state index contributed by atoms with van der Waals surface area (Å²) in [5.74, 6) is 2.46. The molecule has 0 amide bonds. The fourth-order valence-corrected chi connectivity index (χ4v) is 4.35. The second kappa shape index (κ2) is 11.8. The monoisotopic (exact) mass is 434 g/mol. The summed E-state index contributed by atoms with van der Waals surface area (Å²) in [6.45, 7) is 7.85. The number of rotatable bonds is 11. The van der Waals surface area contributed by atoms with Crippen molar-refractivity contribution in [2.24, 2.45) is 5.92 Å². The maximum absolute atomic E-state index is 4.80. The fraction of sp³-hybridized carbons (Fsp3) is 0.542. The Morgan fingerprint density at radius 1 is 1.09 bits per heavy atom. The summed E-state index contributed by atoms with van der Waals surface area (Å²) in [7, 11) is 0. The van der Waals surface area contributed by atoms with Crippen LogP contribution in [-0.2, 0) is 19.4 Å². The molecule has 4 rings (SSSR count). The average Bonchev–Trinajstić information content (AvgIpc) is 3.36. The number of nitrogens with zero attached hydrogens (tertiary/aromatic N) is 6. The highest BCUT2D eigenvalue weighted by atomic mass is 15.5. The molecule has 8 heteroatoms. The van der Waals surface area contributed by atoms with Crippen LogP contribution in [0.1, 0.15) is 49.8 Å². The van der Waals surface area contributed by atoms with Crippen molar-refractivity contribution in [2.75, 3.05) is 26.2 Å². The minimum atomic E-state index is 0.731. The van der Waals surface area contributed by atoms with Gasteiger partial charge in [-0.2, -0.15) is 5.21 Å². The van der Waals surface area contributed by atoms with Crippen LogP contribution in [0.5, 0.6) is 0 Å². The van der Waals surface area contributed by atoms with E-state index in [1.807, 2.05) is 12.3 Å². The summed E-state index contributed by atoms with van der Waals surface area (Å²) in [6.07, 6.45) is 8.25. The number of H-pyrrole nitrogens is 1. The Kier molecular flexibility index (Phi) is 8.28. The van der Waals surface area contributed by atoms with E-state index in [9.17, 15) is 0 Å². The summed E-state index contributed by atoms with van der Waals surface area (Å²) in [6, 6.07) is 10.8. The van der Waals surface area contributed by atoms with Gasteiger partial charge in [0.2, 0.25) is 0 Å². The number of aromatic nitrogens is 6. The van der Waals surface area contributed by atoms with Gasteiger partial charge in [-0.25, -0.2) is 9.97 Å². The number of tetrazole rings is 1. The molecule has 0 radical (unpaired) electrons. The van der Waals surface area contributed by atoms with Gasteiger partial charge in [0, 0.05) is 31.1 Å². The zero-order valence-corrected chi connectivity index (χ0v) is 19.0. The Balaban J connectivity index is 1.34. The molecule has 2 N–H and O–H groups in total. The lowest BCUT2D eigenvalue weighted by atomic mass is 9.94. The Hall–Kier alpha value is -2.71. The fourth-order valence-electron chi connectivity index (χ4n) is 4.35. The van der Waals surface area contributed by atoms with Crippen LogP contribution in [0.15, 0.2) is 36.5 Å². The van der Waals surface area contributed by atoms with Crippen LogP contribution in [0.4, 0.5) is 0 Å².